The first-order valence-electron chi connectivity index (χ1n) is 8.07. The van der Waals surface area contributed by atoms with Crippen molar-refractivity contribution in [1.29, 1.82) is 0 Å². The van der Waals surface area contributed by atoms with Crippen LogP contribution in [-0.4, -0.2) is 16.2 Å². The average molecular weight is 336 g/mol. The van der Waals surface area contributed by atoms with Gasteiger partial charge in [0.25, 0.3) is 0 Å². The van der Waals surface area contributed by atoms with Crippen molar-refractivity contribution < 1.29 is 9.84 Å². The highest BCUT2D eigenvalue weighted by Crippen LogP contribution is 2.17. The fraction of sp³-hybridized carbons (Fsp3) is 0.421. The van der Waals surface area contributed by atoms with E-state index in [1.807, 2.05) is 42.5 Å². The summed E-state index contributed by atoms with van der Waals surface area (Å²) in [5.41, 5.74) is 2.02. The van der Waals surface area contributed by atoms with Gasteiger partial charge in [0.1, 0.15) is 12.4 Å². The van der Waals surface area contributed by atoms with E-state index < -0.39 is 0 Å². The molecule has 1 N–H and O–H groups in total. The lowest BCUT2D eigenvalue weighted by Gasteiger charge is -2.12. The van der Waals surface area contributed by atoms with Gasteiger partial charge in [0, 0.05) is 6.20 Å². The van der Waals surface area contributed by atoms with Gasteiger partial charge in [-0.1, -0.05) is 44.4 Å². The van der Waals surface area contributed by atoms with E-state index in [9.17, 15) is 5.11 Å². The SMILES string of the molecule is CCCCCC(O)Cc1cccc(OCc2ccccn2)c1.Cl. The van der Waals surface area contributed by atoms with Crippen LogP contribution in [0.3, 0.4) is 0 Å². The van der Waals surface area contributed by atoms with E-state index in [2.05, 4.69) is 11.9 Å². The first-order chi connectivity index (χ1) is 10.8. The predicted molar refractivity (Wildman–Crippen MR) is 96.1 cm³/mol. The number of nitrogens with zero attached hydrogens (tertiary/aromatic N) is 1. The van der Waals surface area contributed by atoms with Gasteiger partial charge in [-0.2, -0.15) is 0 Å². The quantitative estimate of drug-likeness (QED) is 0.683. The van der Waals surface area contributed by atoms with Gasteiger partial charge in [-0.3, -0.25) is 4.98 Å². The first kappa shape index (κ1) is 19.5. The lowest BCUT2D eigenvalue weighted by atomic mass is 10.0. The maximum Gasteiger partial charge on any atom is 0.130 e. The molecule has 0 aliphatic rings. The molecule has 126 valence electrons. The Labute approximate surface area is 145 Å². The Morgan fingerprint density at radius 3 is 2.74 bits per heavy atom. The molecule has 0 radical (unpaired) electrons. The van der Waals surface area contributed by atoms with Gasteiger partial charge >= 0.3 is 0 Å². The lowest BCUT2D eigenvalue weighted by Crippen LogP contribution is -2.10. The largest absolute Gasteiger partial charge is 0.487 e. The van der Waals surface area contributed by atoms with Crippen molar-refractivity contribution in [2.24, 2.45) is 0 Å². The number of rotatable bonds is 9. The number of aliphatic hydroxyl groups excluding tert-OH is 1. The van der Waals surface area contributed by atoms with E-state index >= 15 is 0 Å². The Morgan fingerprint density at radius 2 is 2.00 bits per heavy atom. The molecule has 0 fully saturated rings. The fourth-order valence-corrected chi connectivity index (χ4v) is 2.41. The molecule has 1 heterocycles. The van der Waals surface area contributed by atoms with E-state index in [4.69, 9.17) is 4.74 Å². The number of aliphatic hydroxyl groups is 1. The molecule has 1 aromatic carbocycles. The number of hydrogen-bond donors (Lipinski definition) is 1. The molecule has 0 saturated carbocycles. The molecule has 0 saturated heterocycles. The maximum atomic E-state index is 10.1. The van der Waals surface area contributed by atoms with E-state index in [0.717, 1.165) is 29.8 Å². The molecule has 0 spiro atoms. The number of ether oxygens (including phenoxy) is 1. The average Bonchev–Trinajstić information content (AvgIpc) is 2.54. The second-order valence-corrected chi connectivity index (χ2v) is 5.61. The Hall–Kier alpha value is -1.58. The van der Waals surface area contributed by atoms with Crippen molar-refractivity contribution in [3.63, 3.8) is 0 Å². The summed E-state index contributed by atoms with van der Waals surface area (Å²) >= 11 is 0. The van der Waals surface area contributed by atoms with Gasteiger partial charge in [0.05, 0.1) is 11.8 Å². The predicted octanol–water partition coefficient (Wildman–Crippen LogP) is 4.57. The first-order valence-corrected chi connectivity index (χ1v) is 8.07. The summed E-state index contributed by atoms with van der Waals surface area (Å²) < 4.78 is 5.77. The summed E-state index contributed by atoms with van der Waals surface area (Å²) in [4.78, 5) is 4.24. The third-order valence-electron chi connectivity index (χ3n) is 3.62. The zero-order valence-electron chi connectivity index (χ0n) is 13.6. The van der Waals surface area contributed by atoms with Crippen LogP contribution in [0.25, 0.3) is 0 Å². The number of aromatic nitrogens is 1. The molecular formula is C19H26ClNO2. The van der Waals surface area contributed by atoms with Crippen LogP contribution in [0.15, 0.2) is 48.7 Å². The van der Waals surface area contributed by atoms with Gasteiger partial charge < -0.3 is 9.84 Å². The summed E-state index contributed by atoms with van der Waals surface area (Å²) in [7, 11) is 0. The monoisotopic (exact) mass is 335 g/mol. The van der Waals surface area contributed by atoms with Gasteiger partial charge in [-0.25, -0.2) is 0 Å². The van der Waals surface area contributed by atoms with Crippen molar-refractivity contribution in [3.05, 3.63) is 59.9 Å². The smallest absolute Gasteiger partial charge is 0.130 e. The minimum absolute atomic E-state index is 0. The second kappa shape index (κ2) is 11.0. The molecule has 0 aliphatic heterocycles. The van der Waals surface area contributed by atoms with Crippen molar-refractivity contribution in [2.75, 3.05) is 0 Å². The maximum absolute atomic E-state index is 10.1. The van der Waals surface area contributed by atoms with Crippen LogP contribution in [0.2, 0.25) is 0 Å². The Balaban J connectivity index is 0.00000264. The molecule has 0 aliphatic carbocycles. The molecule has 1 aromatic heterocycles. The van der Waals surface area contributed by atoms with Crippen LogP contribution < -0.4 is 4.74 Å². The minimum atomic E-state index is -0.266. The zero-order valence-corrected chi connectivity index (χ0v) is 14.5. The van der Waals surface area contributed by atoms with Crippen molar-refractivity contribution >= 4 is 12.4 Å². The number of hydrogen-bond acceptors (Lipinski definition) is 3. The Morgan fingerprint density at radius 1 is 1.13 bits per heavy atom. The highest BCUT2D eigenvalue weighted by Gasteiger charge is 2.06. The number of benzene rings is 1. The van der Waals surface area contributed by atoms with Gasteiger partial charge in [0.2, 0.25) is 0 Å². The summed E-state index contributed by atoms with van der Waals surface area (Å²) in [6.45, 7) is 2.64. The second-order valence-electron chi connectivity index (χ2n) is 5.61. The van der Waals surface area contributed by atoms with Crippen molar-refractivity contribution in [2.45, 2.75) is 51.7 Å². The van der Waals surface area contributed by atoms with Crippen LogP contribution in [0, 0.1) is 0 Å². The number of pyridine rings is 1. The third-order valence-corrected chi connectivity index (χ3v) is 3.62. The highest BCUT2D eigenvalue weighted by molar-refractivity contribution is 5.85. The van der Waals surface area contributed by atoms with Crippen LogP contribution >= 0.6 is 12.4 Å². The molecule has 0 amide bonds. The molecule has 0 bridgehead atoms. The third kappa shape index (κ3) is 7.49. The van der Waals surface area contributed by atoms with Crippen LogP contribution in [-0.2, 0) is 13.0 Å². The van der Waals surface area contributed by atoms with Crippen molar-refractivity contribution in [1.82, 2.24) is 4.98 Å². The van der Waals surface area contributed by atoms with Gasteiger partial charge in [-0.05, 0) is 42.7 Å². The van der Waals surface area contributed by atoms with E-state index in [1.165, 1.54) is 12.8 Å². The number of unbranched alkanes of at least 4 members (excludes halogenated alkanes) is 2. The Kier molecular flexibility index (Phi) is 9.34. The standard InChI is InChI=1S/C19H25NO2.ClH/c1-2-3-4-10-18(21)13-16-8-7-11-19(14-16)22-15-17-9-5-6-12-20-17;/h5-9,11-12,14,18,21H,2-4,10,13,15H2,1H3;1H. The molecule has 4 heteroatoms. The molecular weight excluding hydrogens is 310 g/mol. The summed E-state index contributed by atoms with van der Waals surface area (Å²) in [6, 6.07) is 13.8. The Bertz CT molecular complexity index is 548. The van der Waals surface area contributed by atoms with Crippen LogP contribution in [0.4, 0.5) is 0 Å². The molecule has 1 unspecified atom stereocenters. The van der Waals surface area contributed by atoms with E-state index in [0.29, 0.717) is 13.0 Å². The van der Waals surface area contributed by atoms with Gasteiger partial charge in [-0.15, -0.1) is 12.4 Å². The summed E-state index contributed by atoms with van der Waals surface area (Å²) in [5.74, 6) is 0.823. The molecule has 2 rings (SSSR count). The van der Waals surface area contributed by atoms with Gasteiger partial charge in [0.15, 0.2) is 0 Å². The number of halogens is 1. The van der Waals surface area contributed by atoms with E-state index in [1.54, 1.807) is 6.20 Å². The van der Waals surface area contributed by atoms with E-state index in [-0.39, 0.29) is 18.5 Å². The normalized spacial score (nSPS) is 11.6. The molecule has 2 aromatic rings. The lowest BCUT2D eigenvalue weighted by molar-refractivity contribution is 0.161. The van der Waals surface area contributed by atoms with Crippen LogP contribution in [0.1, 0.15) is 43.9 Å². The minimum Gasteiger partial charge on any atom is -0.487 e. The highest BCUT2D eigenvalue weighted by atomic mass is 35.5. The molecule has 23 heavy (non-hydrogen) atoms. The van der Waals surface area contributed by atoms with Crippen LogP contribution in [0.5, 0.6) is 5.75 Å². The van der Waals surface area contributed by atoms with Crippen molar-refractivity contribution in [3.8, 4) is 5.75 Å². The topological polar surface area (TPSA) is 42.4 Å². The molecule has 1 atom stereocenters. The summed E-state index contributed by atoms with van der Waals surface area (Å²) in [6.07, 6.45) is 6.51. The summed E-state index contributed by atoms with van der Waals surface area (Å²) in [5, 5.41) is 10.1. The zero-order chi connectivity index (χ0) is 15.6. The molecule has 3 nitrogen and oxygen atoms in total. The fourth-order valence-electron chi connectivity index (χ4n) is 2.41.